The van der Waals surface area contributed by atoms with Gasteiger partial charge in [0.15, 0.2) is 24.6 Å². The summed E-state index contributed by atoms with van der Waals surface area (Å²) in [4.78, 5) is 62.4. The van der Waals surface area contributed by atoms with Crippen molar-refractivity contribution in [1.82, 2.24) is 0 Å². The van der Waals surface area contributed by atoms with Crippen molar-refractivity contribution < 1.29 is 71.7 Å². The predicted molar refractivity (Wildman–Crippen MR) is 130 cm³/mol. The monoisotopic (exact) mass is 593 g/mol. The van der Waals surface area contributed by atoms with E-state index >= 15 is 0 Å². The molecular weight excluding hydrogens is 558 g/mol. The molecule has 41 heavy (non-hydrogen) atoms. The Morgan fingerprint density at radius 3 is 2.05 bits per heavy atom. The average Bonchev–Trinajstić information content (AvgIpc) is 2.87. The molecule has 0 radical (unpaired) electrons. The van der Waals surface area contributed by atoms with Crippen LogP contribution in [0.15, 0.2) is 5.11 Å². The standard InChI is InChI=1S/C23H35N3O15/c1-12(27)36-11-16-17(37-13(2)28)18(38-14(3)29)19(39-15(4)30)20(40-16)41-22(23(5,32)21(31)33-6)35-10-9-34-8-7-25-26-24/h16-20,22,32H,7-11H2,1-6H3/t16-,17+,18+,19-,20-,22?,23?/m1/s1. The van der Waals surface area contributed by atoms with E-state index in [0.717, 1.165) is 41.7 Å². The molecule has 1 aliphatic heterocycles. The molecule has 1 rings (SSSR count). The third-order valence-corrected chi connectivity index (χ3v) is 5.16. The van der Waals surface area contributed by atoms with Crippen molar-refractivity contribution in [3.63, 3.8) is 0 Å². The number of methoxy groups -OCH3 is 1. The average molecular weight is 594 g/mol. The van der Waals surface area contributed by atoms with Crippen LogP contribution in [0.4, 0.5) is 0 Å². The van der Waals surface area contributed by atoms with Gasteiger partial charge in [-0.15, -0.1) is 0 Å². The van der Waals surface area contributed by atoms with Crippen molar-refractivity contribution in [2.24, 2.45) is 5.11 Å². The van der Waals surface area contributed by atoms with Gasteiger partial charge < -0.3 is 47.7 Å². The van der Waals surface area contributed by atoms with Gasteiger partial charge in [-0.1, -0.05) is 5.11 Å². The van der Waals surface area contributed by atoms with E-state index in [2.05, 4.69) is 14.8 Å². The summed E-state index contributed by atoms with van der Waals surface area (Å²) < 4.78 is 47.9. The van der Waals surface area contributed by atoms with Crippen molar-refractivity contribution in [2.45, 2.75) is 77.2 Å². The molecule has 0 aromatic rings. The molecule has 232 valence electrons. The Labute approximate surface area is 235 Å². The lowest BCUT2D eigenvalue weighted by Crippen LogP contribution is -2.64. The first-order chi connectivity index (χ1) is 19.2. The molecule has 1 N–H and O–H groups in total. The second-order valence-corrected chi connectivity index (χ2v) is 8.61. The van der Waals surface area contributed by atoms with Crippen LogP contribution in [0, 0.1) is 0 Å². The molecule has 18 heteroatoms. The lowest BCUT2D eigenvalue weighted by atomic mass is 9.97. The third kappa shape index (κ3) is 11.8. The van der Waals surface area contributed by atoms with Crippen LogP contribution in [0.5, 0.6) is 0 Å². The maximum atomic E-state index is 12.4. The fourth-order valence-electron chi connectivity index (χ4n) is 3.52. The fraction of sp³-hybridized carbons (Fsp3) is 0.783. The highest BCUT2D eigenvalue weighted by Crippen LogP contribution is 2.32. The second kappa shape index (κ2) is 17.3. The number of ether oxygens (including phenoxy) is 9. The van der Waals surface area contributed by atoms with E-state index < -0.39 is 79.1 Å². The van der Waals surface area contributed by atoms with Crippen LogP contribution in [-0.4, -0.2) is 118 Å². The lowest BCUT2D eigenvalue weighted by Gasteiger charge is -2.45. The van der Waals surface area contributed by atoms with Crippen molar-refractivity contribution in [2.75, 3.05) is 40.1 Å². The van der Waals surface area contributed by atoms with Crippen LogP contribution >= 0.6 is 0 Å². The zero-order chi connectivity index (χ0) is 31.2. The van der Waals surface area contributed by atoms with E-state index in [9.17, 15) is 29.1 Å². The molecule has 1 heterocycles. The molecular formula is C23H35N3O15. The van der Waals surface area contributed by atoms with Gasteiger partial charge in [0, 0.05) is 39.2 Å². The minimum absolute atomic E-state index is 0.0427. The summed E-state index contributed by atoms with van der Waals surface area (Å²) >= 11 is 0. The van der Waals surface area contributed by atoms with E-state index in [4.69, 9.17) is 43.4 Å². The largest absolute Gasteiger partial charge is 0.467 e. The summed E-state index contributed by atoms with van der Waals surface area (Å²) in [6.07, 6.45) is -9.65. The zero-order valence-corrected chi connectivity index (χ0v) is 23.5. The number of carbonyl (C=O) groups is 5. The highest BCUT2D eigenvalue weighted by atomic mass is 16.8. The highest BCUT2D eigenvalue weighted by molar-refractivity contribution is 5.79. The summed E-state index contributed by atoms with van der Waals surface area (Å²) in [7, 11) is 1.00. The molecule has 2 unspecified atom stereocenters. The van der Waals surface area contributed by atoms with Crippen molar-refractivity contribution in [3.05, 3.63) is 10.4 Å². The van der Waals surface area contributed by atoms with Crippen molar-refractivity contribution >= 4 is 29.8 Å². The third-order valence-electron chi connectivity index (χ3n) is 5.16. The first-order valence-corrected chi connectivity index (χ1v) is 12.2. The molecule has 0 spiro atoms. The Bertz CT molecular complexity index is 968. The molecule has 0 amide bonds. The zero-order valence-electron chi connectivity index (χ0n) is 23.5. The van der Waals surface area contributed by atoms with Gasteiger partial charge in [-0.05, 0) is 12.5 Å². The topological polar surface area (TPSA) is 237 Å². The lowest BCUT2D eigenvalue weighted by molar-refractivity contribution is -0.358. The SMILES string of the molecule is COC(=O)C(C)(O)C(OCCOCCN=[N+]=[N-])O[C@H]1O[C@H](COC(C)=O)[C@H](OC(C)=O)[C@H](OC(C)=O)[C@H]1OC(C)=O. The van der Waals surface area contributed by atoms with E-state index in [1.54, 1.807) is 0 Å². The Balaban J connectivity index is 3.42. The van der Waals surface area contributed by atoms with E-state index in [1.807, 2.05) is 0 Å². The van der Waals surface area contributed by atoms with E-state index in [0.29, 0.717) is 0 Å². The molecule has 0 aliphatic carbocycles. The van der Waals surface area contributed by atoms with Gasteiger partial charge in [0.25, 0.3) is 0 Å². The minimum atomic E-state index is -2.49. The molecule has 0 aromatic carbocycles. The van der Waals surface area contributed by atoms with E-state index in [-0.39, 0.29) is 26.4 Å². The smallest absolute Gasteiger partial charge is 0.342 e. The Morgan fingerprint density at radius 2 is 1.51 bits per heavy atom. The van der Waals surface area contributed by atoms with Gasteiger partial charge in [0.2, 0.25) is 11.9 Å². The van der Waals surface area contributed by atoms with Gasteiger partial charge >= 0.3 is 29.8 Å². The van der Waals surface area contributed by atoms with Gasteiger partial charge in [-0.3, -0.25) is 19.2 Å². The number of esters is 5. The molecule has 0 saturated carbocycles. The quantitative estimate of drug-likeness (QED) is 0.0459. The summed E-state index contributed by atoms with van der Waals surface area (Å²) in [5, 5.41) is 14.2. The van der Waals surface area contributed by atoms with E-state index in [1.165, 1.54) is 0 Å². The first kappa shape index (κ1) is 35.5. The van der Waals surface area contributed by atoms with Crippen LogP contribution in [0.1, 0.15) is 34.6 Å². The van der Waals surface area contributed by atoms with Crippen LogP contribution in [0.2, 0.25) is 0 Å². The minimum Gasteiger partial charge on any atom is -0.467 e. The summed E-state index contributed by atoms with van der Waals surface area (Å²) in [5.41, 5.74) is 5.83. The normalized spacial score (nSPS) is 24.0. The molecule has 1 aliphatic rings. The fourth-order valence-corrected chi connectivity index (χ4v) is 3.52. The molecule has 0 bridgehead atoms. The summed E-state index contributed by atoms with van der Waals surface area (Å²) in [6.45, 7) is 4.42. The van der Waals surface area contributed by atoms with Crippen LogP contribution < -0.4 is 0 Å². The van der Waals surface area contributed by atoms with Crippen molar-refractivity contribution in [3.8, 4) is 0 Å². The summed E-state index contributed by atoms with van der Waals surface area (Å²) in [5.74, 6) is -4.51. The van der Waals surface area contributed by atoms with Crippen LogP contribution in [0.3, 0.4) is 0 Å². The highest BCUT2D eigenvalue weighted by Gasteiger charge is 2.55. The first-order valence-electron chi connectivity index (χ1n) is 12.2. The number of azide groups is 1. The van der Waals surface area contributed by atoms with Gasteiger partial charge in [-0.25, -0.2) is 4.79 Å². The molecule has 1 saturated heterocycles. The number of carbonyl (C=O) groups excluding carboxylic acids is 5. The Kier molecular flexibility index (Phi) is 15.0. The van der Waals surface area contributed by atoms with Crippen LogP contribution in [0.25, 0.3) is 10.4 Å². The Morgan fingerprint density at radius 1 is 0.927 bits per heavy atom. The van der Waals surface area contributed by atoms with Crippen LogP contribution in [-0.2, 0) is 66.6 Å². The molecule has 1 fully saturated rings. The number of hydrogen-bond donors (Lipinski definition) is 1. The van der Waals surface area contributed by atoms with Gasteiger partial charge in [0.05, 0.1) is 26.9 Å². The predicted octanol–water partition coefficient (Wildman–Crippen LogP) is -0.320. The molecule has 7 atom stereocenters. The van der Waals surface area contributed by atoms with Gasteiger partial charge in [-0.2, -0.15) is 0 Å². The second-order valence-electron chi connectivity index (χ2n) is 8.61. The maximum absolute atomic E-state index is 12.4. The number of hydrogen-bond acceptors (Lipinski definition) is 16. The molecule has 18 nitrogen and oxygen atoms in total. The molecule has 0 aromatic heterocycles. The van der Waals surface area contributed by atoms with Crippen molar-refractivity contribution in [1.29, 1.82) is 0 Å². The Hall–Kier alpha value is -3.54. The number of aliphatic hydroxyl groups is 1. The number of rotatable bonds is 16. The number of nitrogens with zero attached hydrogens (tertiary/aromatic N) is 3. The van der Waals surface area contributed by atoms with Gasteiger partial charge in [0.1, 0.15) is 12.7 Å². The maximum Gasteiger partial charge on any atom is 0.342 e. The summed E-state index contributed by atoms with van der Waals surface area (Å²) in [6, 6.07) is 0.